The molecule has 0 fully saturated rings. The molecular formula is C32H13BF10. The highest BCUT2D eigenvalue weighted by Gasteiger charge is 2.32. The lowest BCUT2D eigenvalue weighted by atomic mass is 9.35. The van der Waals surface area contributed by atoms with E-state index in [1.807, 2.05) is 0 Å². The highest BCUT2D eigenvalue weighted by Crippen LogP contribution is 2.29. The Balaban J connectivity index is 1.80. The standard InChI is InChI=1S/C32H13BF10/c34-14-11-17(29(40)25(38)12-14)15-3-1-2-4-19(15)33(20-6-9-22(35)27-16(20)5-8-24(37)30(27)41)21-7-10-23(36)28-18(21)13-26(39)31(42)32(28)43/h1-13H. The van der Waals surface area contributed by atoms with E-state index in [4.69, 9.17) is 0 Å². The molecule has 6 aromatic carbocycles. The third-order valence-electron chi connectivity index (χ3n) is 7.35. The van der Waals surface area contributed by atoms with Gasteiger partial charge in [0.15, 0.2) is 40.7 Å². The van der Waals surface area contributed by atoms with Crippen LogP contribution in [0.25, 0.3) is 32.7 Å². The molecule has 0 aromatic heterocycles. The summed E-state index contributed by atoms with van der Waals surface area (Å²) in [5, 5.41) is -2.48. The minimum absolute atomic E-state index is 0.0120. The molecule has 0 saturated carbocycles. The average Bonchev–Trinajstić information content (AvgIpc) is 2.98. The number of hydrogen-bond donors (Lipinski definition) is 0. The van der Waals surface area contributed by atoms with Crippen molar-refractivity contribution in [2.24, 2.45) is 0 Å². The first-order valence-electron chi connectivity index (χ1n) is 12.5. The van der Waals surface area contributed by atoms with Gasteiger partial charge in [-0.15, -0.1) is 0 Å². The third kappa shape index (κ3) is 4.50. The van der Waals surface area contributed by atoms with Crippen molar-refractivity contribution in [3.8, 4) is 11.1 Å². The van der Waals surface area contributed by atoms with Gasteiger partial charge in [0, 0.05) is 11.6 Å². The van der Waals surface area contributed by atoms with Crippen LogP contribution in [0.2, 0.25) is 0 Å². The first-order chi connectivity index (χ1) is 20.5. The molecular weight excluding hydrogens is 585 g/mol. The van der Waals surface area contributed by atoms with Crippen molar-refractivity contribution in [3.63, 3.8) is 0 Å². The van der Waals surface area contributed by atoms with Gasteiger partial charge >= 0.3 is 0 Å². The number of hydrogen-bond acceptors (Lipinski definition) is 0. The Hall–Kier alpha value is -4.80. The normalized spacial score (nSPS) is 11.5. The molecule has 0 aliphatic rings. The molecule has 0 atom stereocenters. The number of halogens is 10. The van der Waals surface area contributed by atoms with Crippen LogP contribution in [0.15, 0.2) is 78.9 Å². The summed E-state index contributed by atoms with van der Waals surface area (Å²) >= 11 is 0. The van der Waals surface area contributed by atoms with Crippen LogP contribution in [-0.4, -0.2) is 6.71 Å². The molecule has 0 nitrogen and oxygen atoms in total. The van der Waals surface area contributed by atoms with E-state index in [0.717, 1.165) is 30.3 Å². The van der Waals surface area contributed by atoms with E-state index in [-0.39, 0.29) is 27.3 Å². The Morgan fingerprint density at radius 3 is 1.65 bits per heavy atom. The third-order valence-corrected chi connectivity index (χ3v) is 7.35. The summed E-state index contributed by atoms with van der Waals surface area (Å²) in [7, 11) is 0. The lowest BCUT2D eigenvalue weighted by molar-refractivity contribution is 0.451. The quantitative estimate of drug-likeness (QED) is 0.0851. The van der Waals surface area contributed by atoms with E-state index in [2.05, 4.69) is 0 Å². The predicted molar refractivity (Wildman–Crippen MR) is 144 cm³/mol. The van der Waals surface area contributed by atoms with Crippen LogP contribution < -0.4 is 16.4 Å². The molecule has 0 amide bonds. The Labute approximate surface area is 236 Å². The van der Waals surface area contributed by atoms with Gasteiger partial charge < -0.3 is 0 Å². The molecule has 0 N–H and O–H groups in total. The van der Waals surface area contributed by atoms with Gasteiger partial charge in [-0.05, 0) is 46.7 Å². The predicted octanol–water partition coefficient (Wildman–Crippen LogP) is 7.57. The summed E-state index contributed by atoms with van der Waals surface area (Å²) in [4.78, 5) is 0. The molecule has 0 radical (unpaired) electrons. The molecule has 0 spiro atoms. The van der Waals surface area contributed by atoms with Crippen molar-refractivity contribution in [2.45, 2.75) is 0 Å². The highest BCUT2D eigenvalue weighted by atomic mass is 19.2. The summed E-state index contributed by atoms with van der Waals surface area (Å²) < 4.78 is 146. The van der Waals surface area contributed by atoms with Crippen LogP contribution in [-0.2, 0) is 0 Å². The van der Waals surface area contributed by atoms with Crippen LogP contribution >= 0.6 is 0 Å². The minimum atomic E-state index is -1.96. The molecule has 0 unspecified atom stereocenters. The SMILES string of the molecule is Fc1cc(F)c(F)c(-c2ccccc2B(c2ccc(F)c3c(F)c(F)ccc23)c2ccc(F)c3c(F)c(F)c(F)cc23)c1. The van der Waals surface area contributed by atoms with Gasteiger partial charge in [0.25, 0.3) is 0 Å². The molecule has 11 heteroatoms. The zero-order valence-corrected chi connectivity index (χ0v) is 21.4. The van der Waals surface area contributed by atoms with Gasteiger partial charge in [-0.25, -0.2) is 43.9 Å². The number of benzene rings is 6. The first kappa shape index (κ1) is 28.3. The first-order valence-corrected chi connectivity index (χ1v) is 12.5. The van der Waals surface area contributed by atoms with E-state index < -0.39 is 86.6 Å². The summed E-state index contributed by atoms with van der Waals surface area (Å²) in [5.74, 6) is -15.0. The highest BCUT2D eigenvalue weighted by molar-refractivity contribution is 6.99. The molecule has 0 aliphatic carbocycles. The van der Waals surface area contributed by atoms with Gasteiger partial charge in [0.1, 0.15) is 17.5 Å². The smallest absolute Gasteiger partial charge is 0.207 e. The lowest BCUT2D eigenvalue weighted by Gasteiger charge is -2.23. The molecule has 43 heavy (non-hydrogen) atoms. The van der Waals surface area contributed by atoms with Crippen molar-refractivity contribution in [2.75, 3.05) is 0 Å². The summed E-state index contributed by atoms with van der Waals surface area (Å²) in [5.41, 5.74) is -0.933. The van der Waals surface area contributed by atoms with E-state index in [9.17, 15) is 39.5 Å². The largest absolute Gasteiger partial charge is 0.243 e. The summed E-state index contributed by atoms with van der Waals surface area (Å²) in [6.07, 6.45) is 0. The lowest BCUT2D eigenvalue weighted by Crippen LogP contribution is -2.53. The van der Waals surface area contributed by atoms with Crippen molar-refractivity contribution in [1.82, 2.24) is 0 Å². The van der Waals surface area contributed by atoms with Crippen LogP contribution in [0.1, 0.15) is 0 Å². The number of fused-ring (bicyclic) bond motifs is 2. The fraction of sp³-hybridized carbons (Fsp3) is 0. The average molecular weight is 598 g/mol. The van der Waals surface area contributed by atoms with Gasteiger partial charge in [-0.2, -0.15) is 0 Å². The second-order valence-corrected chi connectivity index (χ2v) is 9.74. The summed E-state index contributed by atoms with van der Waals surface area (Å²) in [6.45, 7) is -1.43. The van der Waals surface area contributed by atoms with Gasteiger partial charge in [-0.3, -0.25) is 0 Å². The summed E-state index contributed by atoms with van der Waals surface area (Å²) in [6, 6.07) is 12.5. The van der Waals surface area contributed by atoms with Crippen molar-refractivity contribution in [1.29, 1.82) is 0 Å². The van der Waals surface area contributed by atoms with Crippen molar-refractivity contribution in [3.05, 3.63) is 137 Å². The Morgan fingerprint density at radius 2 is 0.953 bits per heavy atom. The minimum Gasteiger partial charge on any atom is -0.207 e. The second kappa shape index (κ2) is 10.5. The van der Waals surface area contributed by atoms with Gasteiger partial charge in [0.2, 0.25) is 6.71 Å². The molecule has 0 heterocycles. The van der Waals surface area contributed by atoms with E-state index in [0.29, 0.717) is 24.3 Å². The fourth-order valence-corrected chi connectivity index (χ4v) is 5.51. The monoisotopic (exact) mass is 598 g/mol. The molecule has 0 saturated heterocycles. The fourth-order valence-electron chi connectivity index (χ4n) is 5.51. The maximum absolute atomic E-state index is 15.1. The molecule has 214 valence electrons. The Morgan fingerprint density at radius 1 is 0.372 bits per heavy atom. The maximum atomic E-state index is 15.1. The van der Waals surface area contributed by atoms with E-state index in [1.54, 1.807) is 0 Å². The molecule has 6 rings (SSSR count). The van der Waals surface area contributed by atoms with Gasteiger partial charge in [0.05, 0.1) is 10.8 Å². The number of rotatable bonds is 4. The van der Waals surface area contributed by atoms with Crippen LogP contribution in [0, 0.1) is 58.2 Å². The topological polar surface area (TPSA) is 0 Å². The Bertz CT molecular complexity index is 2110. The molecule has 6 aromatic rings. The second-order valence-electron chi connectivity index (χ2n) is 9.74. The zero-order valence-electron chi connectivity index (χ0n) is 21.4. The Kier molecular flexibility index (Phi) is 6.91. The van der Waals surface area contributed by atoms with E-state index >= 15 is 4.39 Å². The van der Waals surface area contributed by atoms with E-state index in [1.165, 1.54) is 24.3 Å². The van der Waals surface area contributed by atoms with Crippen molar-refractivity contribution >= 4 is 44.6 Å². The van der Waals surface area contributed by atoms with Crippen molar-refractivity contribution < 1.29 is 43.9 Å². The van der Waals surface area contributed by atoms with Crippen LogP contribution in [0.3, 0.4) is 0 Å². The zero-order chi connectivity index (χ0) is 30.7. The molecule has 0 aliphatic heterocycles. The van der Waals surface area contributed by atoms with Crippen LogP contribution in [0.5, 0.6) is 0 Å². The van der Waals surface area contributed by atoms with Gasteiger partial charge in [-0.1, -0.05) is 58.9 Å². The van der Waals surface area contributed by atoms with Crippen LogP contribution in [0.4, 0.5) is 43.9 Å². The maximum Gasteiger partial charge on any atom is 0.243 e. The molecule has 0 bridgehead atoms.